The van der Waals surface area contributed by atoms with E-state index in [-0.39, 0.29) is 11.7 Å². The molecule has 1 saturated carbocycles. The van der Waals surface area contributed by atoms with Gasteiger partial charge in [0.25, 0.3) is 0 Å². The average Bonchev–Trinajstić information content (AvgIpc) is 2.78. The van der Waals surface area contributed by atoms with Gasteiger partial charge in [0.15, 0.2) is 0 Å². The largest absolute Gasteiger partial charge is 0.469 e. The van der Waals surface area contributed by atoms with Crippen LogP contribution in [0.5, 0.6) is 0 Å². The van der Waals surface area contributed by atoms with E-state index in [0.717, 1.165) is 24.3 Å². The van der Waals surface area contributed by atoms with Crippen LogP contribution in [0, 0.1) is 0 Å². The highest BCUT2D eigenvalue weighted by molar-refractivity contribution is 7.46. The van der Waals surface area contributed by atoms with Crippen molar-refractivity contribution in [3.05, 3.63) is 11.8 Å². The molecule has 0 radical (unpaired) electrons. The zero-order valence-corrected chi connectivity index (χ0v) is 14.6. The Hall–Kier alpha value is -0.630. The fourth-order valence-corrected chi connectivity index (χ4v) is 3.24. The highest BCUT2D eigenvalue weighted by Crippen LogP contribution is 2.38. The molecule has 150 valence electrons. The summed E-state index contributed by atoms with van der Waals surface area (Å²) in [6.07, 6.45) is -4.21. The maximum absolute atomic E-state index is 10.8. The minimum absolute atomic E-state index is 0.0661. The van der Waals surface area contributed by atoms with E-state index in [9.17, 15) is 25.0 Å². The molecule has 3 rings (SSSR count). The molecule has 12 nitrogen and oxygen atoms in total. The van der Waals surface area contributed by atoms with Gasteiger partial charge in [-0.1, -0.05) is 0 Å². The number of hydrogen-bond donors (Lipinski definition) is 7. The first-order chi connectivity index (χ1) is 12.2. The molecule has 7 N–H and O–H groups in total. The Bertz CT molecular complexity index is 581. The Morgan fingerprint density at radius 2 is 1.92 bits per heavy atom. The van der Waals surface area contributed by atoms with Crippen LogP contribution in [-0.4, -0.2) is 85.0 Å². The first kappa shape index (κ1) is 20.1. The van der Waals surface area contributed by atoms with E-state index in [2.05, 4.69) is 9.84 Å². The monoisotopic (exact) mass is 398 g/mol. The Balaban J connectivity index is 1.70. The number of nitrogens with one attached hydrogen (secondary N) is 1. The van der Waals surface area contributed by atoms with Crippen LogP contribution >= 0.6 is 7.82 Å². The highest BCUT2D eigenvalue weighted by Gasteiger charge is 2.48. The summed E-state index contributed by atoms with van der Waals surface area (Å²) in [4.78, 5) is 23.0. The maximum atomic E-state index is 10.8. The van der Waals surface area contributed by atoms with Crippen LogP contribution < -0.4 is 5.32 Å². The summed E-state index contributed by atoms with van der Waals surface area (Å²) in [5.41, 5.74) is 0.0832. The number of aliphatic hydroxyl groups excluding tert-OH is 4. The van der Waals surface area contributed by atoms with E-state index < -0.39 is 51.4 Å². The molecule has 0 amide bonds. The predicted octanol–water partition coefficient (Wildman–Crippen LogP) is -2.55. The number of ether oxygens (including phenoxy) is 1. The second-order valence-corrected chi connectivity index (χ2v) is 7.69. The third kappa shape index (κ3) is 4.43. The lowest BCUT2D eigenvalue weighted by Gasteiger charge is -2.39. The SMILES string of the molecule is O=P(O)(O)OC[C@H]1O[C@@H](C2=CN(OC3CCC3)C(O)NC2O)[C@H](O)[C@@H]1O. The van der Waals surface area contributed by atoms with Crippen LogP contribution in [0.25, 0.3) is 0 Å². The van der Waals surface area contributed by atoms with Gasteiger partial charge in [0.1, 0.15) is 30.6 Å². The van der Waals surface area contributed by atoms with Gasteiger partial charge in [0, 0.05) is 11.8 Å². The molecule has 0 bridgehead atoms. The van der Waals surface area contributed by atoms with Crippen molar-refractivity contribution in [3.63, 3.8) is 0 Å². The van der Waals surface area contributed by atoms with E-state index in [0.29, 0.717) is 0 Å². The smallest absolute Gasteiger partial charge is 0.387 e. The number of phosphoric ester groups is 1. The van der Waals surface area contributed by atoms with E-state index in [1.165, 1.54) is 6.20 Å². The summed E-state index contributed by atoms with van der Waals surface area (Å²) < 4.78 is 20.5. The van der Waals surface area contributed by atoms with Crippen LogP contribution in [0.2, 0.25) is 0 Å². The second kappa shape index (κ2) is 7.78. The molecule has 26 heavy (non-hydrogen) atoms. The maximum Gasteiger partial charge on any atom is 0.469 e. The third-order valence-electron chi connectivity index (χ3n) is 4.56. The van der Waals surface area contributed by atoms with Gasteiger partial charge in [-0.15, -0.1) is 0 Å². The average molecular weight is 398 g/mol. The van der Waals surface area contributed by atoms with Gasteiger partial charge in [-0.2, -0.15) is 0 Å². The van der Waals surface area contributed by atoms with Gasteiger partial charge >= 0.3 is 7.82 Å². The van der Waals surface area contributed by atoms with Gasteiger partial charge in [-0.05, 0) is 19.3 Å². The summed E-state index contributed by atoms with van der Waals surface area (Å²) in [6.45, 7) is -0.652. The molecule has 6 atom stereocenters. The van der Waals surface area contributed by atoms with Crippen molar-refractivity contribution in [3.8, 4) is 0 Å². The van der Waals surface area contributed by atoms with Gasteiger partial charge in [-0.3, -0.25) is 9.36 Å². The van der Waals surface area contributed by atoms with Crippen molar-refractivity contribution >= 4 is 7.82 Å². The third-order valence-corrected chi connectivity index (χ3v) is 5.05. The molecule has 2 unspecified atom stereocenters. The van der Waals surface area contributed by atoms with Crippen molar-refractivity contribution in [2.45, 2.75) is 62.4 Å². The molecule has 13 heteroatoms. The Kier molecular flexibility index (Phi) is 6.02. The number of aliphatic hydroxyl groups is 4. The van der Waals surface area contributed by atoms with Gasteiger partial charge in [-0.25, -0.2) is 14.9 Å². The number of nitrogens with zero attached hydrogens (tertiary/aromatic N) is 1. The first-order valence-electron chi connectivity index (χ1n) is 8.16. The predicted molar refractivity (Wildman–Crippen MR) is 82.5 cm³/mol. The minimum atomic E-state index is -4.77. The molecule has 3 aliphatic rings. The summed E-state index contributed by atoms with van der Waals surface area (Å²) in [7, 11) is -4.77. The van der Waals surface area contributed by atoms with Crippen LogP contribution in [-0.2, 0) is 18.7 Å². The molecule has 2 aliphatic heterocycles. The van der Waals surface area contributed by atoms with Crippen molar-refractivity contribution in [1.82, 2.24) is 10.4 Å². The minimum Gasteiger partial charge on any atom is -0.387 e. The lowest BCUT2D eigenvalue weighted by Crippen LogP contribution is -2.56. The van der Waals surface area contributed by atoms with E-state index in [4.69, 9.17) is 19.4 Å². The van der Waals surface area contributed by atoms with Crippen molar-refractivity contribution in [2.24, 2.45) is 0 Å². The topological polar surface area (TPSA) is 181 Å². The van der Waals surface area contributed by atoms with Crippen LogP contribution in [0.15, 0.2) is 11.8 Å². The first-order valence-corrected chi connectivity index (χ1v) is 9.69. The fourth-order valence-electron chi connectivity index (χ4n) is 2.90. The number of phosphoric acid groups is 1. The molecule has 0 aromatic carbocycles. The lowest BCUT2D eigenvalue weighted by atomic mass is 9.96. The van der Waals surface area contributed by atoms with Gasteiger partial charge in [0.05, 0.1) is 12.7 Å². The standard InChI is InChI=1S/C13H23N2O10P/c16-9-8(5-23-26(20,21)22)24-11(10(9)17)7-4-15(13(19)14-12(7)18)25-6-2-1-3-6/h4,6,8-14,16-19H,1-3,5H2,(H2,20,21,22)/t8-,9-,10-,11+,12?,13?/m1/s1. The highest BCUT2D eigenvalue weighted by atomic mass is 31.2. The van der Waals surface area contributed by atoms with E-state index in [1.54, 1.807) is 0 Å². The summed E-state index contributed by atoms with van der Waals surface area (Å²) in [5.74, 6) is 0. The van der Waals surface area contributed by atoms with Crippen LogP contribution in [0.4, 0.5) is 0 Å². The normalized spacial score (nSPS) is 39.0. The van der Waals surface area contributed by atoms with E-state index >= 15 is 0 Å². The number of hydrogen-bond acceptors (Lipinski definition) is 10. The van der Waals surface area contributed by atoms with Crippen LogP contribution in [0.1, 0.15) is 19.3 Å². The number of rotatable bonds is 6. The molecule has 1 saturated heterocycles. The van der Waals surface area contributed by atoms with Crippen molar-refractivity contribution in [2.75, 3.05) is 6.61 Å². The quantitative estimate of drug-likeness (QED) is 0.233. The van der Waals surface area contributed by atoms with Gasteiger partial charge < -0.3 is 34.9 Å². The fraction of sp³-hybridized carbons (Fsp3) is 0.846. The molecule has 0 aromatic rings. The summed E-state index contributed by atoms with van der Waals surface area (Å²) >= 11 is 0. The molecule has 1 aliphatic carbocycles. The Morgan fingerprint density at radius 1 is 1.23 bits per heavy atom. The summed E-state index contributed by atoms with van der Waals surface area (Å²) in [5, 5.41) is 43.8. The zero-order valence-electron chi connectivity index (χ0n) is 13.7. The number of hydroxylamine groups is 2. The molecule has 0 aromatic heterocycles. The lowest BCUT2D eigenvalue weighted by molar-refractivity contribution is -0.269. The zero-order chi connectivity index (χ0) is 19.1. The Morgan fingerprint density at radius 3 is 2.50 bits per heavy atom. The molecule has 0 spiro atoms. The van der Waals surface area contributed by atoms with Crippen molar-refractivity contribution in [1.29, 1.82) is 0 Å². The molecule has 2 fully saturated rings. The second-order valence-electron chi connectivity index (χ2n) is 6.45. The van der Waals surface area contributed by atoms with Gasteiger partial charge in [0.2, 0.25) is 6.35 Å². The summed E-state index contributed by atoms with van der Waals surface area (Å²) in [6, 6.07) is 0. The molecular weight excluding hydrogens is 375 g/mol. The Labute approximate surface area is 148 Å². The molecular formula is C13H23N2O10P. The molecule has 2 heterocycles. The van der Waals surface area contributed by atoms with E-state index in [1.807, 2.05) is 0 Å². The van der Waals surface area contributed by atoms with Crippen molar-refractivity contribution < 1.29 is 48.9 Å². The van der Waals surface area contributed by atoms with Crippen LogP contribution in [0.3, 0.4) is 0 Å².